The molecule has 380 valence electrons. The van der Waals surface area contributed by atoms with Gasteiger partial charge in [0.15, 0.2) is 0 Å². The first kappa shape index (κ1) is 48.4. The zero-order chi connectivity index (χ0) is 53.8. The summed E-state index contributed by atoms with van der Waals surface area (Å²) in [6.45, 7) is 0. The molecule has 2 aromatic heterocycles. The molecule has 2 unspecified atom stereocenters. The number of fused-ring (bicyclic) bond motifs is 14. The Morgan fingerprint density at radius 1 is 0.321 bits per heavy atom. The maximum absolute atomic E-state index is 6.98. The van der Waals surface area contributed by atoms with E-state index in [0.717, 1.165) is 44.3 Å². The number of imidazole rings is 1. The average Bonchev–Trinajstić information content (AvgIpc) is 3.46. The van der Waals surface area contributed by atoms with Crippen LogP contribution in [0.4, 0.5) is 0 Å². The molecule has 16 aromatic rings. The molecule has 0 spiro atoms. The van der Waals surface area contributed by atoms with Crippen molar-refractivity contribution in [3.8, 4) is 22.3 Å². The first-order chi connectivity index (χ1) is 39.9. The molecule has 0 amide bonds. The SMILES string of the molecule is S=P(c1ccccc1)(c1ccc2cc(-c3ccc4nc5c6c7ccccc7ccc6c6ccc(-c7ccc(P(=[Se])(c8ccccc8)c8ccc9ccccc9c8)c8ccccc78)cc6n5c4c3)ccc2c1)c1cccc2ccccc12. The van der Waals surface area contributed by atoms with E-state index in [0.29, 0.717) is 0 Å². The summed E-state index contributed by atoms with van der Waals surface area (Å²) in [5, 5.41) is 23.3. The Balaban J connectivity index is 0.868. The van der Waals surface area contributed by atoms with Crippen LogP contribution in [0.2, 0.25) is 0 Å². The fourth-order valence-corrected chi connectivity index (χ4v) is 22.3. The summed E-state index contributed by atoms with van der Waals surface area (Å²) in [4.78, 5) is 5.55. The van der Waals surface area contributed by atoms with Crippen LogP contribution in [0.25, 0.3) is 114 Å². The Morgan fingerprint density at radius 3 is 1.68 bits per heavy atom. The molecule has 2 nitrogen and oxygen atoms in total. The topological polar surface area (TPSA) is 17.3 Å². The van der Waals surface area contributed by atoms with Gasteiger partial charge in [-0.15, -0.1) is 0 Å². The number of hydrogen-bond donors (Lipinski definition) is 0. The third-order valence-electron chi connectivity index (χ3n) is 16.9. The van der Waals surface area contributed by atoms with Crippen molar-refractivity contribution in [2.45, 2.75) is 0 Å². The average molecular weight is 1150 g/mol. The molecule has 0 aliphatic rings. The van der Waals surface area contributed by atoms with E-state index in [4.69, 9.17) is 16.8 Å². The maximum atomic E-state index is 6.98. The zero-order valence-electron chi connectivity index (χ0n) is 43.8. The molecule has 2 atom stereocenters. The van der Waals surface area contributed by atoms with Crippen molar-refractivity contribution in [2.24, 2.45) is 0 Å². The van der Waals surface area contributed by atoms with Gasteiger partial charge in [-0.1, -0.05) is 139 Å². The van der Waals surface area contributed by atoms with E-state index in [2.05, 4.69) is 311 Å². The third-order valence-corrected chi connectivity index (χ3v) is 28.8. The van der Waals surface area contributed by atoms with Crippen molar-refractivity contribution in [3.05, 3.63) is 291 Å². The van der Waals surface area contributed by atoms with E-state index >= 15 is 0 Å². The minimum Gasteiger partial charge on any atom is -0.0616 e. The van der Waals surface area contributed by atoms with Crippen LogP contribution < -0.4 is 31.8 Å². The predicted molar refractivity (Wildman–Crippen MR) is 357 cm³/mol. The van der Waals surface area contributed by atoms with Crippen LogP contribution >= 0.6 is 11.5 Å². The molecule has 0 bridgehead atoms. The fraction of sp³-hybridized carbons (Fsp3) is 0. The van der Waals surface area contributed by atoms with Crippen molar-refractivity contribution in [1.82, 2.24) is 9.38 Å². The van der Waals surface area contributed by atoms with Crippen LogP contribution in [0.3, 0.4) is 0 Å². The number of rotatable bonds is 8. The van der Waals surface area contributed by atoms with Crippen molar-refractivity contribution < 1.29 is 0 Å². The van der Waals surface area contributed by atoms with Crippen LogP contribution in [-0.2, 0) is 11.8 Å². The molecule has 14 aromatic carbocycles. The monoisotopic (exact) mass is 1150 g/mol. The van der Waals surface area contributed by atoms with Crippen molar-refractivity contribution >= 4 is 162 Å². The molecule has 16 rings (SSSR count). The quantitative estimate of drug-likeness (QED) is 0.0857. The van der Waals surface area contributed by atoms with Gasteiger partial charge in [0.05, 0.1) is 0 Å². The van der Waals surface area contributed by atoms with Gasteiger partial charge in [0.25, 0.3) is 0 Å². The summed E-state index contributed by atoms with van der Waals surface area (Å²) in [7, 11) is 0. The van der Waals surface area contributed by atoms with Crippen LogP contribution in [0, 0.1) is 0 Å². The Morgan fingerprint density at radius 2 is 0.864 bits per heavy atom. The maximum Gasteiger partial charge on any atom is 0.00159 e. The first-order valence-electron chi connectivity index (χ1n) is 27.5. The standard InChI is InChI=1S/C75H48N2P2SSe/c80-78(58-21-3-1-4-22-58,72-29-15-20-50-17-9-11-25-63(50)72)60-37-33-54-44-53(30-31-55(54)45-60)56-36-42-69-71(47-56)77-70-48-57(35-39-66(70)68-40-34-51-18-10-12-26-64(51)74(68)75(77)76-69)62-41-43-73(67-28-14-13-27-65(62)67)79(81,59-23-5-2-6-24-59)61-38-32-49-16-7-8-19-52(49)46-61/h1-48H. The predicted octanol–water partition coefficient (Wildman–Crippen LogP) is 17.0. The van der Waals surface area contributed by atoms with E-state index in [1.807, 2.05) is 0 Å². The summed E-state index contributed by atoms with van der Waals surface area (Å²) in [6.07, 6.45) is 0. The van der Waals surface area contributed by atoms with Gasteiger partial charge < -0.3 is 0 Å². The number of pyridine rings is 1. The summed E-state index contributed by atoms with van der Waals surface area (Å²) < 4.78 is 2.44. The molecule has 0 N–H and O–H groups in total. The second-order valence-corrected chi connectivity index (χ2v) is 31.8. The molecule has 0 aliphatic heterocycles. The van der Waals surface area contributed by atoms with Gasteiger partial charge in [0.1, 0.15) is 0 Å². The van der Waals surface area contributed by atoms with Crippen molar-refractivity contribution in [1.29, 1.82) is 0 Å². The Kier molecular flexibility index (Phi) is 11.4. The Hall–Kier alpha value is -8.55. The molecule has 0 aliphatic carbocycles. The largest absolute Gasteiger partial charge is 0.0616 e. The van der Waals surface area contributed by atoms with Gasteiger partial charge in [-0.3, -0.25) is 0 Å². The number of nitrogens with zero attached hydrogens (tertiary/aromatic N) is 2. The molecule has 0 saturated carbocycles. The van der Waals surface area contributed by atoms with Gasteiger partial charge in [0, 0.05) is 11.3 Å². The zero-order valence-corrected chi connectivity index (χ0v) is 48.1. The Labute approximate surface area is 481 Å². The molecular weight excluding hydrogens is 1100 g/mol. The second kappa shape index (κ2) is 19.0. The smallest absolute Gasteiger partial charge is 0.00159 e. The van der Waals surface area contributed by atoms with Crippen LogP contribution in [0.1, 0.15) is 0 Å². The summed E-state index contributed by atoms with van der Waals surface area (Å²) in [5.74, 6) is 0. The second-order valence-electron chi connectivity index (χ2n) is 21.3. The summed E-state index contributed by atoms with van der Waals surface area (Å²) in [6, 6.07) is 105. The van der Waals surface area contributed by atoms with Crippen LogP contribution in [0.15, 0.2) is 291 Å². The van der Waals surface area contributed by atoms with Gasteiger partial charge in [-0.25, -0.2) is 0 Å². The molecule has 6 heteroatoms. The normalized spacial score (nSPS) is 13.5. The molecule has 0 fully saturated rings. The van der Waals surface area contributed by atoms with Gasteiger partial charge in [-0.05, 0) is 55.2 Å². The van der Waals surface area contributed by atoms with Gasteiger partial charge in [-0.2, -0.15) is 0 Å². The molecule has 0 radical (unpaired) electrons. The van der Waals surface area contributed by atoms with E-state index in [-0.39, 0.29) is 0 Å². The van der Waals surface area contributed by atoms with E-state index in [1.165, 1.54) is 102 Å². The number of benzene rings is 14. The molecule has 2 heterocycles. The van der Waals surface area contributed by atoms with Crippen LogP contribution in [0.5, 0.6) is 0 Å². The van der Waals surface area contributed by atoms with E-state index in [9.17, 15) is 0 Å². The minimum atomic E-state index is -2.45. The summed E-state index contributed by atoms with van der Waals surface area (Å²) in [5.41, 5.74) is 6.50. The minimum absolute atomic E-state index is 0.958. The molecular formula is C75H48N2P2SSe. The van der Waals surface area contributed by atoms with Gasteiger partial charge >= 0.3 is 280 Å². The van der Waals surface area contributed by atoms with Gasteiger partial charge in [0.2, 0.25) is 0 Å². The van der Waals surface area contributed by atoms with Crippen LogP contribution in [-0.4, -0.2) is 24.5 Å². The number of hydrogen-bond acceptors (Lipinski definition) is 2. The van der Waals surface area contributed by atoms with E-state index in [1.54, 1.807) is 0 Å². The molecule has 0 saturated heterocycles. The number of aromatic nitrogens is 2. The molecule has 81 heavy (non-hydrogen) atoms. The van der Waals surface area contributed by atoms with Crippen molar-refractivity contribution in [2.75, 3.05) is 0 Å². The third kappa shape index (κ3) is 7.64. The fourth-order valence-electron chi connectivity index (χ4n) is 12.9. The first-order valence-corrected chi connectivity index (χ1v) is 34.3. The summed E-state index contributed by atoms with van der Waals surface area (Å²) >= 11 is 10.9. The van der Waals surface area contributed by atoms with Crippen molar-refractivity contribution in [3.63, 3.8) is 0 Å². The van der Waals surface area contributed by atoms with E-state index < -0.39 is 11.5 Å². The Bertz CT molecular complexity index is 5380.